The molecule has 1 aromatic rings. The zero-order valence-corrected chi connectivity index (χ0v) is 8.71. The summed E-state index contributed by atoms with van der Waals surface area (Å²) in [6.07, 6.45) is 2.40. The van der Waals surface area contributed by atoms with Gasteiger partial charge in [0, 0.05) is 9.75 Å². The lowest BCUT2D eigenvalue weighted by Crippen LogP contribution is -2.17. The molecule has 0 amide bonds. The van der Waals surface area contributed by atoms with Gasteiger partial charge in [-0.2, -0.15) is 0 Å². The first-order valence-corrected chi connectivity index (χ1v) is 5.40. The van der Waals surface area contributed by atoms with Crippen LogP contribution in [0, 0.1) is 6.92 Å². The monoisotopic (exact) mass is 183 g/mol. The highest BCUT2D eigenvalue weighted by Crippen LogP contribution is 2.14. The summed E-state index contributed by atoms with van der Waals surface area (Å²) < 4.78 is 0. The molecular formula is C10H17NS. The topological polar surface area (TPSA) is 12.0 Å². The van der Waals surface area contributed by atoms with E-state index in [9.17, 15) is 0 Å². The number of hydrogen-bond donors (Lipinski definition) is 1. The minimum Gasteiger partial charge on any atom is -0.316 e. The molecular weight excluding hydrogens is 166 g/mol. The Hall–Kier alpha value is -0.340. The van der Waals surface area contributed by atoms with Gasteiger partial charge in [0.2, 0.25) is 0 Å². The average molecular weight is 183 g/mol. The Morgan fingerprint density at radius 1 is 1.33 bits per heavy atom. The molecule has 0 radical (unpaired) electrons. The fourth-order valence-corrected chi connectivity index (χ4v) is 2.02. The van der Waals surface area contributed by atoms with E-state index in [1.807, 2.05) is 11.3 Å². The molecule has 1 rings (SSSR count). The molecule has 1 nitrogen and oxygen atoms in total. The van der Waals surface area contributed by atoms with Gasteiger partial charge in [-0.3, -0.25) is 0 Å². The van der Waals surface area contributed by atoms with E-state index in [-0.39, 0.29) is 0 Å². The summed E-state index contributed by atoms with van der Waals surface area (Å²) in [7, 11) is 0. The van der Waals surface area contributed by atoms with Crippen molar-refractivity contribution in [3.8, 4) is 0 Å². The van der Waals surface area contributed by atoms with Crippen LogP contribution in [-0.4, -0.2) is 13.1 Å². The van der Waals surface area contributed by atoms with E-state index in [1.165, 1.54) is 22.6 Å². The van der Waals surface area contributed by atoms with E-state index < -0.39 is 0 Å². The maximum atomic E-state index is 3.40. The van der Waals surface area contributed by atoms with Gasteiger partial charge < -0.3 is 5.32 Å². The van der Waals surface area contributed by atoms with Crippen molar-refractivity contribution in [1.82, 2.24) is 5.32 Å². The minimum absolute atomic E-state index is 1.12. The van der Waals surface area contributed by atoms with Crippen LogP contribution in [0.2, 0.25) is 0 Å². The van der Waals surface area contributed by atoms with Crippen molar-refractivity contribution in [1.29, 1.82) is 0 Å². The molecule has 0 saturated carbocycles. The Morgan fingerprint density at radius 3 is 2.75 bits per heavy atom. The number of nitrogens with one attached hydrogen (secondary N) is 1. The molecule has 0 aliphatic rings. The molecule has 2 heteroatoms. The quantitative estimate of drug-likeness (QED) is 0.692. The van der Waals surface area contributed by atoms with E-state index in [1.54, 1.807) is 0 Å². The third-order valence-electron chi connectivity index (χ3n) is 1.77. The van der Waals surface area contributed by atoms with Gasteiger partial charge in [-0.1, -0.05) is 6.92 Å². The van der Waals surface area contributed by atoms with E-state index in [0.29, 0.717) is 0 Å². The van der Waals surface area contributed by atoms with Crippen LogP contribution in [0.3, 0.4) is 0 Å². The van der Waals surface area contributed by atoms with Crippen molar-refractivity contribution < 1.29 is 0 Å². The van der Waals surface area contributed by atoms with Gasteiger partial charge in [0.05, 0.1) is 0 Å². The van der Waals surface area contributed by atoms with Crippen molar-refractivity contribution in [3.05, 3.63) is 21.9 Å². The molecule has 0 bridgehead atoms. The van der Waals surface area contributed by atoms with Crippen LogP contribution in [0.5, 0.6) is 0 Å². The summed E-state index contributed by atoms with van der Waals surface area (Å²) >= 11 is 1.91. The van der Waals surface area contributed by atoms with Crippen molar-refractivity contribution in [3.63, 3.8) is 0 Å². The molecule has 0 atom stereocenters. The number of rotatable bonds is 5. The first kappa shape index (κ1) is 9.75. The second-order valence-corrected chi connectivity index (χ2v) is 4.38. The third-order valence-corrected chi connectivity index (χ3v) is 2.83. The molecule has 1 heterocycles. The van der Waals surface area contributed by atoms with Crippen LogP contribution in [0.1, 0.15) is 23.1 Å². The molecule has 0 unspecified atom stereocenters. The second kappa shape index (κ2) is 5.33. The predicted molar refractivity (Wildman–Crippen MR) is 55.9 cm³/mol. The molecule has 0 spiro atoms. The Morgan fingerprint density at radius 2 is 2.17 bits per heavy atom. The second-order valence-electron chi connectivity index (χ2n) is 3.01. The Kier molecular flexibility index (Phi) is 4.33. The molecule has 0 aliphatic carbocycles. The van der Waals surface area contributed by atoms with Crippen molar-refractivity contribution >= 4 is 11.3 Å². The molecule has 1 N–H and O–H groups in total. The van der Waals surface area contributed by atoms with E-state index in [0.717, 1.165) is 13.1 Å². The summed E-state index contributed by atoms with van der Waals surface area (Å²) in [6, 6.07) is 4.42. The van der Waals surface area contributed by atoms with E-state index in [2.05, 4.69) is 31.3 Å². The maximum absolute atomic E-state index is 3.40. The lowest BCUT2D eigenvalue weighted by molar-refractivity contribution is 0.674. The fraction of sp³-hybridized carbons (Fsp3) is 0.600. The lowest BCUT2D eigenvalue weighted by atomic mass is 10.3. The maximum Gasteiger partial charge on any atom is 0.00606 e. The first-order valence-electron chi connectivity index (χ1n) is 4.59. The molecule has 1 aromatic heterocycles. The van der Waals surface area contributed by atoms with Gasteiger partial charge in [-0.05, 0) is 45.0 Å². The summed E-state index contributed by atoms with van der Waals surface area (Å²) in [5.74, 6) is 0. The predicted octanol–water partition coefficient (Wildman–Crippen LogP) is 2.60. The minimum atomic E-state index is 1.12. The molecule has 68 valence electrons. The number of thiophene rings is 1. The van der Waals surface area contributed by atoms with Crippen molar-refractivity contribution in [2.45, 2.75) is 26.7 Å². The third kappa shape index (κ3) is 3.37. The Balaban J connectivity index is 2.15. The van der Waals surface area contributed by atoms with Gasteiger partial charge in [-0.15, -0.1) is 11.3 Å². The zero-order chi connectivity index (χ0) is 8.81. The smallest absolute Gasteiger partial charge is 0.00606 e. The lowest BCUT2D eigenvalue weighted by Gasteiger charge is -1.99. The fourth-order valence-electron chi connectivity index (χ4n) is 1.13. The Labute approximate surface area is 78.8 Å². The van der Waals surface area contributed by atoms with E-state index in [4.69, 9.17) is 0 Å². The molecule has 12 heavy (non-hydrogen) atoms. The van der Waals surface area contributed by atoms with Gasteiger partial charge in [0.25, 0.3) is 0 Å². The summed E-state index contributed by atoms with van der Waals surface area (Å²) in [5.41, 5.74) is 0. The van der Waals surface area contributed by atoms with Crippen LogP contribution in [-0.2, 0) is 6.42 Å². The summed E-state index contributed by atoms with van der Waals surface area (Å²) in [5, 5.41) is 3.40. The summed E-state index contributed by atoms with van der Waals surface area (Å²) in [4.78, 5) is 2.91. The van der Waals surface area contributed by atoms with Crippen molar-refractivity contribution in [2.24, 2.45) is 0 Å². The first-order chi connectivity index (χ1) is 5.83. The van der Waals surface area contributed by atoms with Gasteiger partial charge in [-0.25, -0.2) is 0 Å². The number of aryl methyl sites for hydroxylation is 1. The van der Waals surface area contributed by atoms with Crippen LogP contribution in [0.15, 0.2) is 12.1 Å². The van der Waals surface area contributed by atoms with Gasteiger partial charge >= 0.3 is 0 Å². The van der Waals surface area contributed by atoms with Crippen LogP contribution < -0.4 is 5.32 Å². The van der Waals surface area contributed by atoms with Gasteiger partial charge in [0.15, 0.2) is 0 Å². The average Bonchev–Trinajstić information content (AvgIpc) is 2.45. The molecule has 0 aromatic carbocycles. The zero-order valence-electron chi connectivity index (χ0n) is 7.89. The Bertz CT molecular complexity index is 217. The van der Waals surface area contributed by atoms with Crippen LogP contribution in [0.4, 0.5) is 0 Å². The largest absolute Gasteiger partial charge is 0.316 e. The normalized spacial score (nSPS) is 10.5. The van der Waals surface area contributed by atoms with Crippen molar-refractivity contribution in [2.75, 3.05) is 13.1 Å². The van der Waals surface area contributed by atoms with E-state index >= 15 is 0 Å². The molecule has 0 saturated heterocycles. The highest BCUT2D eigenvalue weighted by Gasteiger charge is 1.94. The van der Waals surface area contributed by atoms with Gasteiger partial charge in [0.1, 0.15) is 0 Å². The number of hydrogen-bond acceptors (Lipinski definition) is 2. The standard InChI is InChI=1S/C10H17NS/c1-3-7-11-8-6-10-5-4-9(2)12-10/h4-5,11H,3,6-8H2,1-2H3. The summed E-state index contributed by atoms with van der Waals surface area (Å²) in [6.45, 7) is 6.62. The molecule has 0 fully saturated rings. The van der Waals surface area contributed by atoms with Crippen LogP contribution in [0.25, 0.3) is 0 Å². The molecule has 0 aliphatic heterocycles. The highest BCUT2D eigenvalue weighted by molar-refractivity contribution is 7.11. The SMILES string of the molecule is CCCNCCc1ccc(C)s1. The highest BCUT2D eigenvalue weighted by atomic mass is 32.1. The van der Waals surface area contributed by atoms with Crippen LogP contribution >= 0.6 is 11.3 Å².